The Labute approximate surface area is 386 Å². The molecule has 4 aromatic heterocycles. The molecule has 9 N–H and O–H groups in total. The minimum atomic E-state index is -0.980. The normalized spacial score (nSPS) is 20.2. The van der Waals surface area contributed by atoms with Crippen molar-refractivity contribution in [3.05, 3.63) is 147 Å². The maximum Gasteiger partial charge on any atom is 0.217 e. The summed E-state index contributed by atoms with van der Waals surface area (Å²) in [5.74, 6) is -3.01. The minimum Gasteiger partial charge on any atom is -0.390 e. The summed E-state index contributed by atoms with van der Waals surface area (Å²) in [5, 5.41) is 50.0. The van der Waals surface area contributed by atoms with Crippen LogP contribution in [-0.4, -0.2) is 73.9 Å². The quantitative estimate of drug-likeness (QED) is 0.0507. The molecular formula is C44H48Br2F4N8O3S2. The van der Waals surface area contributed by atoms with Gasteiger partial charge in [0.05, 0.1) is 41.7 Å². The third kappa shape index (κ3) is 11.9. The summed E-state index contributed by atoms with van der Waals surface area (Å²) in [6.45, 7) is 1.80. The van der Waals surface area contributed by atoms with Crippen LogP contribution in [0.4, 0.5) is 17.6 Å². The van der Waals surface area contributed by atoms with Crippen LogP contribution >= 0.6 is 54.5 Å². The Balaban J connectivity index is 0.000000190. The SMILES string of the molecule is CC(=O)N[C@@H](Cc1cc(F)cc(F)c1)[C@H](O)CNC1(c2cc(Br)cs2)CCc2[nH]ncc2C1.N[C@@H](Cc1cc(F)cc(F)c1)[C@H](O)CNC1(c2cc(Br)cs2)CCc2[nH]ncc2C1. The van der Waals surface area contributed by atoms with Crippen molar-refractivity contribution >= 4 is 60.4 Å². The molecule has 336 valence electrons. The standard InChI is InChI=1S/C23H25BrF2N4O2S.C21H23BrF2N4OS/c1-13(31)29-20(6-14-4-17(25)8-18(26)5-14)21(32)11-27-23(22-7-16(24)12-33-22)3-2-19-15(9-23)10-28-30-19;22-14-6-20(30-11-14)21(2-1-18-13(8-21)9-27-28-18)26-10-19(29)17(25)5-12-3-15(23)7-16(24)4-12/h4-5,7-8,10,12,20-21,27,32H,2-3,6,9,11H2,1H3,(H,28,30)(H,29,31);3-4,6-7,9,11,17,19,26,29H,1-2,5,8,10,25H2,(H,27,28)/t20-,21+,23?;17-,19+,21?/m00/s1. The smallest absolute Gasteiger partial charge is 0.217 e. The number of H-pyrrole nitrogens is 2. The van der Waals surface area contributed by atoms with Gasteiger partial charge in [-0.05, 0) is 142 Å². The molecule has 0 aliphatic heterocycles. The molecule has 63 heavy (non-hydrogen) atoms. The third-order valence-corrected chi connectivity index (χ3v) is 15.5. The van der Waals surface area contributed by atoms with Gasteiger partial charge in [0, 0.05) is 79.0 Å². The Kier molecular flexibility index (Phi) is 15.4. The first-order chi connectivity index (χ1) is 30.1. The number of amides is 1. The van der Waals surface area contributed by atoms with Crippen molar-refractivity contribution in [3.63, 3.8) is 0 Å². The van der Waals surface area contributed by atoms with Crippen LogP contribution < -0.4 is 21.7 Å². The average molecular weight is 1040 g/mol. The number of benzene rings is 2. The first-order valence-corrected chi connectivity index (χ1v) is 23.7. The van der Waals surface area contributed by atoms with E-state index in [1.54, 1.807) is 22.7 Å². The van der Waals surface area contributed by atoms with Gasteiger partial charge >= 0.3 is 0 Å². The van der Waals surface area contributed by atoms with Gasteiger partial charge < -0.3 is 31.9 Å². The Hall–Kier alpha value is -3.79. The van der Waals surface area contributed by atoms with Crippen LogP contribution in [0.5, 0.6) is 0 Å². The van der Waals surface area contributed by atoms with Gasteiger partial charge in [-0.25, -0.2) is 17.6 Å². The van der Waals surface area contributed by atoms with Gasteiger partial charge in [0.2, 0.25) is 5.91 Å². The highest BCUT2D eigenvalue weighted by Gasteiger charge is 2.40. The number of nitrogens with two attached hydrogens (primary N) is 1. The molecule has 0 saturated carbocycles. The predicted octanol–water partition coefficient (Wildman–Crippen LogP) is 7.01. The second-order valence-electron chi connectivity index (χ2n) is 16.4. The number of hydrogen-bond donors (Lipinski definition) is 8. The summed E-state index contributed by atoms with van der Waals surface area (Å²) >= 11 is 10.4. The highest BCUT2D eigenvalue weighted by atomic mass is 79.9. The number of thiophene rings is 2. The van der Waals surface area contributed by atoms with Gasteiger partial charge in [-0.15, -0.1) is 22.7 Å². The molecule has 2 aromatic carbocycles. The first kappa shape index (κ1) is 47.2. The van der Waals surface area contributed by atoms with Gasteiger partial charge in [-0.1, -0.05) is 0 Å². The molecule has 0 bridgehead atoms. The summed E-state index contributed by atoms with van der Waals surface area (Å²) < 4.78 is 56.2. The number of hydrogen-bond acceptors (Lipinski definition) is 10. The predicted molar refractivity (Wildman–Crippen MR) is 242 cm³/mol. The zero-order valence-electron chi connectivity index (χ0n) is 34.2. The molecule has 19 heteroatoms. The van der Waals surface area contributed by atoms with E-state index in [1.165, 1.54) is 36.1 Å². The Bertz CT molecular complexity index is 2460. The molecule has 6 atom stereocenters. The first-order valence-electron chi connectivity index (χ1n) is 20.4. The summed E-state index contributed by atoms with van der Waals surface area (Å²) in [4.78, 5) is 14.1. The van der Waals surface area contributed by atoms with E-state index in [1.807, 2.05) is 23.2 Å². The van der Waals surface area contributed by atoms with E-state index < -0.39 is 53.1 Å². The van der Waals surface area contributed by atoms with Crippen molar-refractivity contribution < 1.29 is 32.6 Å². The lowest BCUT2D eigenvalue weighted by atomic mass is 9.79. The fourth-order valence-corrected chi connectivity index (χ4v) is 11.8. The summed E-state index contributed by atoms with van der Waals surface area (Å²) in [6.07, 6.45) is 6.90. The maximum atomic E-state index is 13.7. The fourth-order valence-electron chi connectivity index (χ4n) is 8.50. The number of aromatic nitrogens is 4. The van der Waals surface area contributed by atoms with E-state index in [0.29, 0.717) is 17.5 Å². The van der Waals surface area contributed by atoms with E-state index in [4.69, 9.17) is 5.73 Å². The Morgan fingerprint density at radius 2 is 1.19 bits per heavy atom. The van der Waals surface area contributed by atoms with Crippen LogP contribution in [0.2, 0.25) is 0 Å². The van der Waals surface area contributed by atoms with E-state index in [2.05, 4.69) is 80.3 Å². The zero-order valence-corrected chi connectivity index (χ0v) is 39.0. The van der Waals surface area contributed by atoms with Crippen LogP contribution in [-0.2, 0) is 54.4 Å². The minimum absolute atomic E-state index is 0.0978. The highest BCUT2D eigenvalue weighted by molar-refractivity contribution is 9.10. The molecular weight excluding hydrogens is 988 g/mol. The monoisotopic (exact) mass is 1030 g/mol. The lowest BCUT2D eigenvalue weighted by molar-refractivity contribution is -0.120. The molecule has 2 unspecified atom stereocenters. The second-order valence-corrected chi connectivity index (χ2v) is 20.0. The van der Waals surface area contributed by atoms with E-state index in [9.17, 15) is 32.6 Å². The van der Waals surface area contributed by atoms with Crippen molar-refractivity contribution in [2.24, 2.45) is 5.73 Å². The van der Waals surface area contributed by atoms with Gasteiger partial charge in [-0.3, -0.25) is 15.0 Å². The fraction of sp³-hybridized carbons (Fsp3) is 0.386. The van der Waals surface area contributed by atoms with Crippen molar-refractivity contribution in [2.45, 2.75) is 93.7 Å². The summed E-state index contributed by atoms with van der Waals surface area (Å²) in [5.41, 5.74) is 10.8. The number of aliphatic hydroxyl groups is 2. The van der Waals surface area contributed by atoms with Gasteiger partial charge in [0.1, 0.15) is 23.3 Å². The van der Waals surface area contributed by atoms with Crippen LogP contribution in [0, 0.1) is 23.3 Å². The number of aliphatic hydroxyl groups excluding tert-OH is 2. The van der Waals surface area contributed by atoms with Crippen LogP contribution in [0.1, 0.15) is 63.2 Å². The largest absolute Gasteiger partial charge is 0.390 e. The van der Waals surface area contributed by atoms with Crippen molar-refractivity contribution in [1.82, 2.24) is 36.3 Å². The number of carbonyl (C=O) groups excluding carboxylic acids is 1. The molecule has 0 radical (unpaired) electrons. The lowest BCUT2D eigenvalue weighted by Gasteiger charge is -2.39. The number of halogens is 6. The van der Waals surface area contributed by atoms with Gasteiger partial charge in [0.15, 0.2) is 0 Å². The Morgan fingerprint density at radius 3 is 1.62 bits per heavy atom. The number of carbonyl (C=O) groups is 1. The van der Waals surface area contributed by atoms with E-state index >= 15 is 0 Å². The summed E-state index contributed by atoms with van der Waals surface area (Å²) in [7, 11) is 0. The number of aromatic amines is 2. The molecule has 8 rings (SSSR count). The van der Waals surface area contributed by atoms with Crippen molar-refractivity contribution in [3.8, 4) is 0 Å². The molecule has 2 aliphatic carbocycles. The molecule has 11 nitrogen and oxygen atoms in total. The van der Waals surface area contributed by atoms with Crippen LogP contribution in [0.25, 0.3) is 0 Å². The van der Waals surface area contributed by atoms with Crippen molar-refractivity contribution in [1.29, 1.82) is 0 Å². The number of nitrogens with one attached hydrogen (secondary N) is 5. The number of aryl methyl sites for hydroxylation is 2. The molecule has 0 fully saturated rings. The molecule has 0 spiro atoms. The van der Waals surface area contributed by atoms with Gasteiger partial charge in [0.25, 0.3) is 0 Å². The Morgan fingerprint density at radius 1 is 0.746 bits per heavy atom. The lowest BCUT2D eigenvalue weighted by Crippen LogP contribution is -2.54. The zero-order chi connectivity index (χ0) is 44.9. The van der Waals surface area contributed by atoms with E-state index in [-0.39, 0.29) is 37.4 Å². The number of nitrogens with zero attached hydrogens (tertiary/aromatic N) is 2. The topological polar surface area (TPSA) is 177 Å². The second kappa shape index (κ2) is 20.6. The molecule has 4 heterocycles. The summed E-state index contributed by atoms with van der Waals surface area (Å²) in [6, 6.07) is 9.35. The van der Waals surface area contributed by atoms with E-state index in [0.717, 1.165) is 80.6 Å². The molecule has 0 saturated heterocycles. The van der Waals surface area contributed by atoms with Crippen molar-refractivity contribution in [2.75, 3.05) is 13.1 Å². The highest BCUT2D eigenvalue weighted by Crippen LogP contribution is 2.41. The molecule has 2 aliphatic rings. The number of rotatable bonds is 15. The maximum absolute atomic E-state index is 13.7. The molecule has 1 amide bonds. The average Bonchev–Trinajstić information content (AvgIpc) is 4.06. The van der Waals surface area contributed by atoms with Crippen LogP contribution in [0.15, 0.2) is 80.6 Å². The van der Waals surface area contributed by atoms with Crippen LogP contribution in [0.3, 0.4) is 0 Å². The van der Waals surface area contributed by atoms with Gasteiger partial charge in [-0.2, -0.15) is 10.2 Å². The third-order valence-electron chi connectivity index (χ3n) is 11.7. The number of fused-ring (bicyclic) bond motifs is 2. The molecule has 6 aromatic rings.